The van der Waals surface area contributed by atoms with E-state index in [2.05, 4.69) is 63.1 Å². The van der Waals surface area contributed by atoms with Crippen molar-refractivity contribution in [2.24, 2.45) is 0 Å². The van der Waals surface area contributed by atoms with Crippen LogP contribution in [0.4, 0.5) is 0 Å². The van der Waals surface area contributed by atoms with Crippen LogP contribution in [0.5, 0.6) is 0 Å². The lowest BCUT2D eigenvalue weighted by atomic mass is 10.1. The molecule has 0 unspecified atom stereocenters. The number of rotatable bonds is 6. The van der Waals surface area contributed by atoms with E-state index in [0.717, 1.165) is 0 Å². The first-order valence-corrected chi connectivity index (χ1v) is 6.47. The molecule has 1 aromatic rings. The summed E-state index contributed by atoms with van der Waals surface area (Å²) >= 11 is 2.28. The predicted molar refractivity (Wildman–Crippen MR) is 71.8 cm³/mol. The number of allylic oxidation sites excluding steroid dienone is 1. The maximum atomic E-state index is 2.28. The third-order valence-electron chi connectivity index (χ3n) is 2.27. The molecule has 0 bridgehead atoms. The zero-order chi connectivity index (χ0) is 10.1. The molecule has 0 atom stereocenters. The van der Waals surface area contributed by atoms with Crippen molar-refractivity contribution in [2.75, 3.05) is 0 Å². The summed E-state index contributed by atoms with van der Waals surface area (Å²) in [6.07, 6.45) is 8.69. The first kappa shape index (κ1) is 11.8. The van der Waals surface area contributed by atoms with Crippen molar-refractivity contribution in [3.63, 3.8) is 0 Å². The summed E-state index contributed by atoms with van der Waals surface area (Å²) in [5.41, 5.74) is 1.47. The lowest BCUT2D eigenvalue weighted by Crippen LogP contribution is -1.84. The van der Waals surface area contributed by atoms with E-state index in [4.69, 9.17) is 0 Å². The number of benzene rings is 1. The van der Waals surface area contributed by atoms with Crippen LogP contribution >= 0.6 is 22.6 Å². The summed E-state index contributed by atoms with van der Waals surface area (Å²) in [5.74, 6) is 0. The molecule has 14 heavy (non-hydrogen) atoms. The van der Waals surface area contributed by atoms with Gasteiger partial charge < -0.3 is 0 Å². The fourth-order valence-corrected chi connectivity index (χ4v) is 1.84. The molecule has 0 radical (unpaired) electrons. The Bertz CT molecular complexity index is 251. The topological polar surface area (TPSA) is 0 Å². The van der Waals surface area contributed by atoms with E-state index in [9.17, 15) is 0 Å². The molecule has 0 N–H and O–H groups in total. The quantitative estimate of drug-likeness (QED) is 0.526. The van der Waals surface area contributed by atoms with Crippen LogP contribution in [0.2, 0.25) is 0 Å². The van der Waals surface area contributed by atoms with Crippen LogP contribution in [-0.2, 0) is 6.42 Å². The Morgan fingerprint density at radius 3 is 2.50 bits per heavy atom. The monoisotopic (exact) mass is 300 g/mol. The first-order valence-electron chi connectivity index (χ1n) is 5.22. The largest absolute Gasteiger partial charge is 0.0785 e. The van der Waals surface area contributed by atoms with E-state index in [1.807, 2.05) is 0 Å². The zero-order valence-electron chi connectivity index (χ0n) is 8.45. The molecule has 76 valence electrons. The Balaban J connectivity index is 2.05. The summed E-state index contributed by atoms with van der Waals surface area (Å²) in [4.78, 5) is 0. The van der Waals surface area contributed by atoms with E-state index in [-0.39, 0.29) is 0 Å². The smallest absolute Gasteiger partial charge is 0.0274 e. The van der Waals surface area contributed by atoms with E-state index >= 15 is 0 Å². The van der Waals surface area contributed by atoms with Crippen LogP contribution in [-0.4, -0.2) is 0 Å². The Morgan fingerprint density at radius 1 is 1.00 bits per heavy atom. The summed E-state index contributed by atoms with van der Waals surface area (Å²) in [5, 5.41) is 0. The molecule has 0 aliphatic carbocycles. The standard InChI is InChI=1S/C13H17I/c14-12-8-3-1-2-5-9-13-10-6-4-7-11-13/h4,6-8,10-12H,1-3,5,9H2. The van der Waals surface area contributed by atoms with E-state index in [1.165, 1.54) is 37.7 Å². The highest BCUT2D eigenvalue weighted by atomic mass is 127. The van der Waals surface area contributed by atoms with Gasteiger partial charge >= 0.3 is 0 Å². The molecule has 0 fully saturated rings. The Kier molecular flexibility index (Phi) is 6.75. The van der Waals surface area contributed by atoms with Crippen molar-refractivity contribution in [3.05, 3.63) is 46.1 Å². The maximum Gasteiger partial charge on any atom is -0.0274 e. The molecule has 1 rings (SSSR count). The van der Waals surface area contributed by atoms with Crippen LogP contribution in [0.1, 0.15) is 31.2 Å². The van der Waals surface area contributed by atoms with Crippen molar-refractivity contribution >= 4 is 22.6 Å². The Morgan fingerprint density at radius 2 is 1.79 bits per heavy atom. The van der Waals surface area contributed by atoms with Crippen LogP contribution in [0.3, 0.4) is 0 Å². The average Bonchev–Trinajstić information content (AvgIpc) is 2.25. The van der Waals surface area contributed by atoms with Gasteiger partial charge in [-0.25, -0.2) is 0 Å². The van der Waals surface area contributed by atoms with Crippen molar-refractivity contribution in [3.8, 4) is 0 Å². The molecule has 0 nitrogen and oxygen atoms in total. The molecule has 0 aromatic heterocycles. The second kappa shape index (κ2) is 8.04. The van der Waals surface area contributed by atoms with Crippen molar-refractivity contribution < 1.29 is 0 Å². The number of halogens is 1. The summed E-state index contributed by atoms with van der Waals surface area (Å²) in [6, 6.07) is 10.7. The minimum atomic E-state index is 1.23. The Hall–Kier alpha value is -0.310. The summed E-state index contributed by atoms with van der Waals surface area (Å²) < 4.78 is 2.11. The third kappa shape index (κ3) is 5.43. The van der Waals surface area contributed by atoms with Crippen molar-refractivity contribution in [2.45, 2.75) is 32.1 Å². The molecule has 0 spiro atoms. The van der Waals surface area contributed by atoms with Gasteiger partial charge in [0.25, 0.3) is 0 Å². The van der Waals surface area contributed by atoms with Crippen molar-refractivity contribution in [1.29, 1.82) is 0 Å². The number of unbranched alkanes of at least 4 members (excludes halogenated alkanes) is 3. The lowest BCUT2D eigenvalue weighted by molar-refractivity contribution is 0.687. The molecular weight excluding hydrogens is 283 g/mol. The lowest BCUT2D eigenvalue weighted by Gasteiger charge is -1.99. The minimum Gasteiger partial charge on any atom is -0.0785 e. The molecule has 0 saturated carbocycles. The predicted octanol–water partition coefficient (Wildman–Crippen LogP) is 4.74. The average molecular weight is 300 g/mol. The van der Waals surface area contributed by atoms with Gasteiger partial charge in [-0.05, 0) is 35.3 Å². The second-order valence-electron chi connectivity index (χ2n) is 3.45. The zero-order valence-corrected chi connectivity index (χ0v) is 10.6. The van der Waals surface area contributed by atoms with Gasteiger partial charge in [0, 0.05) is 0 Å². The van der Waals surface area contributed by atoms with Crippen molar-refractivity contribution in [1.82, 2.24) is 0 Å². The van der Waals surface area contributed by atoms with Gasteiger partial charge in [0.15, 0.2) is 0 Å². The number of hydrogen-bond acceptors (Lipinski definition) is 0. The molecule has 0 aliphatic rings. The molecule has 0 aliphatic heterocycles. The number of aryl methyl sites for hydroxylation is 1. The van der Waals surface area contributed by atoms with Gasteiger partial charge in [-0.3, -0.25) is 0 Å². The van der Waals surface area contributed by atoms with E-state index < -0.39 is 0 Å². The maximum absolute atomic E-state index is 2.28. The third-order valence-corrected chi connectivity index (χ3v) is 2.78. The molecule has 0 amide bonds. The fraction of sp³-hybridized carbons (Fsp3) is 0.385. The molecule has 1 heteroatoms. The highest BCUT2D eigenvalue weighted by Crippen LogP contribution is 2.08. The molecular formula is C13H17I. The van der Waals surface area contributed by atoms with Gasteiger partial charge in [-0.1, -0.05) is 65.4 Å². The van der Waals surface area contributed by atoms with Crippen LogP contribution in [0, 0.1) is 0 Å². The van der Waals surface area contributed by atoms with Gasteiger partial charge in [0.2, 0.25) is 0 Å². The molecule has 1 aromatic carbocycles. The normalized spacial score (nSPS) is 10.9. The highest BCUT2D eigenvalue weighted by Gasteiger charge is 1.91. The van der Waals surface area contributed by atoms with Gasteiger partial charge in [-0.2, -0.15) is 0 Å². The fourth-order valence-electron chi connectivity index (χ4n) is 1.48. The van der Waals surface area contributed by atoms with E-state index in [0.29, 0.717) is 0 Å². The van der Waals surface area contributed by atoms with Gasteiger partial charge in [-0.15, -0.1) is 0 Å². The molecule has 0 heterocycles. The van der Waals surface area contributed by atoms with Crippen LogP contribution in [0.25, 0.3) is 0 Å². The number of hydrogen-bond donors (Lipinski definition) is 0. The second-order valence-corrected chi connectivity index (χ2v) is 4.17. The first-order chi connectivity index (χ1) is 6.93. The Labute approximate surface area is 101 Å². The summed E-state index contributed by atoms with van der Waals surface area (Å²) in [6.45, 7) is 0. The summed E-state index contributed by atoms with van der Waals surface area (Å²) in [7, 11) is 0. The van der Waals surface area contributed by atoms with Gasteiger partial charge in [0.1, 0.15) is 0 Å². The SMILES string of the molecule is IC=CCCCCCc1ccccc1. The van der Waals surface area contributed by atoms with Crippen LogP contribution < -0.4 is 0 Å². The minimum absolute atomic E-state index is 1.23. The van der Waals surface area contributed by atoms with E-state index in [1.54, 1.807) is 0 Å². The van der Waals surface area contributed by atoms with Crippen LogP contribution in [0.15, 0.2) is 40.5 Å². The van der Waals surface area contributed by atoms with Gasteiger partial charge in [0.05, 0.1) is 0 Å². The molecule has 0 saturated heterocycles. The highest BCUT2D eigenvalue weighted by molar-refractivity contribution is 14.1.